The predicted octanol–water partition coefficient (Wildman–Crippen LogP) is 4.16. The molecular weight excluding hydrogens is 480 g/mol. The lowest BCUT2D eigenvalue weighted by molar-refractivity contribution is 0.582. The van der Waals surface area contributed by atoms with Crippen molar-refractivity contribution in [1.82, 2.24) is 10.6 Å². The van der Waals surface area contributed by atoms with Gasteiger partial charge < -0.3 is 10.6 Å². The smallest absolute Gasteiger partial charge is 0.191 e. The van der Waals surface area contributed by atoms with Gasteiger partial charge >= 0.3 is 0 Å². The van der Waals surface area contributed by atoms with Gasteiger partial charge in [-0.2, -0.15) is 11.8 Å². The van der Waals surface area contributed by atoms with Crippen LogP contribution in [0.25, 0.3) is 0 Å². The van der Waals surface area contributed by atoms with Crippen LogP contribution >= 0.6 is 51.7 Å². The third kappa shape index (κ3) is 6.62. The molecule has 1 fully saturated rings. The molecule has 1 aromatic carbocycles. The number of aliphatic imine (C=N–C) groups is 1. The van der Waals surface area contributed by atoms with Crippen LogP contribution in [0.5, 0.6) is 0 Å². The fourth-order valence-corrected chi connectivity index (χ4v) is 3.49. The highest BCUT2D eigenvalue weighted by Gasteiger charge is 2.14. The summed E-state index contributed by atoms with van der Waals surface area (Å²) >= 11 is 5.14. The van der Waals surface area contributed by atoms with Crippen molar-refractivity contribution in [3.05, 3.63) is 34.1 Å². The van der Waals surface area contributed by atoms with E-state index in [1.807, 2.05) is 24.8 Å². The largest absolute Gasteiger partial charge is 0.357 e. The molecule has 0 aromatic heterocycles. The van der Waals surface area contributed by atoms with Gasteiger partial charge in [-0.3, -0.25) is 0 Å². The highest BCUT2D eigenvalue weighted by atomic mass is 127. The fraction of sp³-hybridized carbons (Fsp3) is 0.533. The van der Waals surface area contributed by atoms with Gasteiger partial charge in [0.15, 0.2) is 5.96 Å². The zero-order valence-corrected chi connectivity index (χ0v) is 17.3. The Morgan fingerprint density at radius 1 is 1.50 bits per heavy atom. The Bertz CT molecular complexity index is 496. The first kappa shape index (κ1) is 20.0. The standard InChI is InChI=1S/C15H21BrFN3S.HI/c1-2-18-15(20-12-4-3-7-21-10-12)19-9-11-5-6-13(16)14(17)8-11;/h5-6,8,12H,2-4,7,9-10H2,1H3,(H2,18,19,20);1H. The van der Waals surface area contributed by atoms with Gasteiger partial charge in [-0.1, -0.05) is 6.07 Å². The van der Waals surface area contributed by atoms with Crippen LogP contribution in [0.4, 0.5) is 4.39 Å². The molecule has 2 rings (SSSR count). The average molecular weight is 502 g/mol. The van der Waals surface area contributed by atoms with Crippen LogP contribution < -0.4 is 10.6 Å². The molecule has 2 N–H and O–H groups in total. The monoisotopic (exact) mass is 501 g/mol. The second kappa shape index (κ2) is 10.7. The number of hydrogen-bond donors (Lipinski definition) is 2. The summed E-state index contributed by atoms with van der Waals surface area (Å²) in [6.45, 7) is 3.34. The summed E-state index contributed by atoms with van der Waals surface area (Å²) in [6.07, 6.45) is 2.43. The van der Waals surface area contributed by atoms with Gasteiger partial charge in [-0.15, -0.1) is 24.0 Å². The van der Waals surface area contributed by atoms with E-state index in [0.29, 0.717) is 17.1 Å². The Kier molecular flexibility index (Phi) is 9.74. The number of hydrogen-bond acceptors (Lipinski definition) is 2. The molecule has 0 amide bonds. The molecule has 1 aromatic rings. The van der Waals surface area contributed by atoms with Crippen LogP contribution in [-0.4, -0.2) is 30.1 Å². The van der Waals surface area contributed by atoms with Gasteiger partial charge in [-0.05, 0) is 59.1 Å². The van der Waals surface area contributed by atoms with Crippen molar-refractivity contribution >= 4 is 57.6 Å². The highest BCUT2D eigenvalue weighted by molar-refractivity contribution is 14.0. The van der Waals surface area contributed by atoms with Gasteiger partial charge in [0.1, 0.15) is 5.82 Å². The molecule has 0 spiro atoms. The maximum atomic E-state index is 13.5. The third-order valence-corrected chi connectivity index (χ3v) is 5.11. The fourth-order valence-electron chi connectivity index (χ4n) is 2.18. The van der Waals surface area contributed by atoms with Crippen molar-refractivity contribution in [2.75, 3.05) is 18.1 Å². The van der Waals surface area contributed by atoms with Crippen molar-refractivity contribution < 1.29 is 4.39 Å². The Balaban J connectivity index is 0.00000242. The zero-order chi connectivity index (χ0) is 15.1. The van der Waals surface area contributed by atoms with Crippen LogP contribution in [0.2, 0.25) is 0 Å². The Hall–Kier alpha value is -0.0200. The second-order valence-electron chi connectivity index (χ2n) is 5.00. The van der Waals surface area contributed by atoms with Crippen molar-refractivity contribution in [3.63, 3.8) is 0 Å². The van der Waals surface area contributed by atoms with Gasteiger partial charge in [0.2, 0.25) is 0 Å². The molecular formula is C15H22BrFIN3S. The van der Waals surface area contributed by atoms with E-state index in [1.54, 1.807) is 6.07 Å². The van der Waals surface area contributed by atoms with E-state index in [1.165, 1.54) is 24.7 Å². The molecule has 3 nitrogen and oxygen atoms in total. The summed E-state index contributed by atoms with van der Waals surface area (Å²) in [7, 11) is 0. The molecule has 1 saturated heterocycles. The molecule has 0 radical (unpaired) electrons. The molecule has 1 heterocycles. The molecule has 1 atom stereocenters. The summed E-state index contributed by atoms with van der Waals surface area (Å²) in [5, 5.41) is 6.72. The SMILES string of the molecule is CCNC(=NCc1ccc(Br)c(F)c1)NC1CCCSC1.I. The van der Waals surface area contributed by atoms with Crippen molar-refractivity contribution in [1.29, 1.82) is 0 Å². The molecule has 1 aliphatic heterocycles. The van der Waals surface area contributed by atoms with Crippen LogP contribution in [0.3, 0.4) is 0 Å². The van der Waals surface area contributed by atoms with E-state index >= 15 is 0 Å². The van der Waals surface area contributed by atoms with Gasteiger partial charge in [0.05, 0.1) is 11.0 Å². The lowest BCUT2D eigenvalue weighted by atomic mass is 10.2. The Labute approximate surface area is 161 Å². The van der Waals surface area contributed by atoms with Crippen LogP contribution in [0.15, 0.2) is 27.7 Å². The Morgan fingerprint density at radius 3 is 2.95 bits per heavy atom. The lowest BCUT2D eigenvalue weighted by Gasteiger charge is -2.24. The Morgan fingerprint density at radius 2 is 2.32 bits per heavy atom. The third-order valence-electron chi connectivity index (χ3n) is 3.25. The first-order valence-electron chi connectivity index (χ1n) is 7.25. The molecule has 0 saturated carbocycles. The summed E-state index contributed by atoms with van der Waals surface area (Å²) < 4.78 is 14.0. The summed E-state index contributed by atoms with van der Waals surface area (Å²) in [6, 6.07) is 5.60. The maximum Gasteiger partial charge on any atom is 0.191 e. The van der Waals surface area contributed by atoms with E-state index in [4.69, 9.17) is 0 Å². The van der Waals surface area contributed by atoms with E-state index < -0.39 is 0 Å². The van der Waals surface area contributed by atoms with Gasteiger partial charge in [-0.25, -0.2) is 9.38 Å². The zero-order valence-electron chi connectivity index (χ0n) is 12.6. The van der Waals surface area contributed by atoms with E-state index in [9.17, 15) is 4.39 Å². The molecule has 1 aliphatic rings. The minimum absolute atomic E-state index is 0. The number of nitrogens with zero attached hydrogens (tertiary/aromatic N) is 1. The number of rotatable bonds is 4. The quantitative estimate of drug-likeness (QED) is 0.369. The van der Waals surface area contributed by atoms with E-state index in [-0.39, 0.29) is 29.8 Å². The molecule has 1 unspecified atom stereocenters. The normalized spacial score (nSPS) is 18.5. The number of guanidine groups is 1. The van der Waals surface area contributed by atoms with Crippen molar-refractivity contribution in [3.8, 4) is 0 Å². The van der Waals surface area contributed by atoms with Crippen LogP contribution in [-0.2, 0) is 6.54 Å². The van der Waals surface area contributed by atoms with Crippen LogP contribution in [0.1, 0.15) is 25.3 Å². The molecule has 0 bridgehead atoms. The summed E-state index contributed by atoms with van der Waals surface area (Å²) in [5.41, 5.74) is 0.867. The average Bonchev–Trinajstić information content (AvgIpc) is 2.49. The maximum absolute atomic E-state index is 13.5. The highest BCUT2D eigenvalue weighted by Crippen LogP contribution is 2.18. The second-order valence-corrected chi connectivity index (χ2v) is 7.01. The predicted molar refractivity (Wildman–Crippen MR) is 108 cm³/mol. The van der Waals surface area contributed by atoms with E-state index in [0.717, 1.165) is 23.8 Å². The first-order valence-corrected chi connectivity index (χ1v) is 9.20. The van der Waals surface area contributed by atoms with Crippen LogP contribution in [0, 0.1) is 5.82 Å². The summed E-state index contributed by atoms with van der Waals surface area (Å²) in [5.74, 6) is 2.94. The minimum atomic E-state index is -0.246. The molecule has 0 aliphatic carbocycles. The van der Waals surface area contributed by atoms with Gasteiger partial charge in [0.25, 0.3) is 0 Å². The lowest BCUT2D eigenvalue weighted by Crippen LogP contribution is -2.45. The molecule has 124 valence electrons. The van der Waals surface area contributed by atoms with Gasteiger partial charge in [0, 0.05) is 18.3 Å². The van der Waals surface area contributed by atoms with Crippen molar-refractivity contribution in [2.45, 2.75) is 32.4 Å². The topological polar surface area (TPSA) is 36.4 Å². The number of halogens is 3. The van der Waals surface area contributed by atoms with E-state index in [2.05, 4.69) is 31.6 Å². The first-order chi connectivity index (χ1) is 10.2. The van der Waals surface area contributed by atoms with Crippen molar-refractivity contribution in [2.24, 2.45) is 4.99 Å². The number of benzene rings is 1. The number of nitrogens with one attached hydrogen (secondary N) is 2. The number of thioether (sulfide) groups is 1. The molecule has 22 heavy (non-hydrogen) atoms. The summed E-state index contributed by atoms with van der Waals surface area (Å²) in [4.78, 5) is 4.55. The molecule has 7 heteroatoms. The minimum Gasteiger partial charge on any atom is -0.357 e.